The Hall–Kier alpha value is -2.93. The first-order chi connectivity index (χ1) is 11.5. The number of carbonyl (C=O) groups excluding carboxylic acids is 2. The van der Waals surface area contributed by atoms with Gasteiger partial charge in [0.05, 0.1) is 11.3 Å². The molecule has 0 radical (unpaired) electrons. The number of hydrogen-bond donors (Lipinski definition) is 1. The first-order valence-electron chi connectivity index (χ1n) is 6.89. The summed E-state index contributed by atoms with van der Waals surface area (Å²) >= 11 is 5.75. The van der Waals surface area contributed by atoms with Crippen LogP contribution in [0.1, 0.15) is 5.56 Å². The highest BCUT2D eigenvalue weighted by Crippen LogP contribution is 2.22. The minimum Gasteiger partial charge on any atom is -0.455 e. The second-order valence-corrected chi connectivity index (χ2v) is 5.22. The van der Waals surface area contributed by atoms with Crippen LogP contribution in [0.15, 0.2) is 48.5 Å². The molecular formula is C16H13ClN2O5. The Kier molecular flexibility index (Phi) is 5.86. The number of nitrogens with zero attached hydrogens (tertiary/aromatic N) is 1. The third kappa shape index (κ3) is 5.06. The molecule has 0 saturated heterocycles. The zero-order valence-electron chi connectivity index (χ0n) is 12.4. The Balaban J connectivity index is 1.86. The summed E-state index contributed by atoms with van der Waals surface area (Å²) in [5.74, 6) is -1.25. The average Bonchev–Trinajstić information content (AvgIpc) is 2.55. The summed E-state index contributed by atoms with van der Waals surface area (Å²) < 4.78 is 4.86. The standard InChI is InChI=1S/C16H13ClN2O5/c17-12-7-5-11(6-8-12)9-16(21)24-10-15(20)18-13-3-1-2-4-14(13)19(22)23/h1-8H,9-10H2,(H,18,20). The zero-order valence-corrected chi connectivity index (χ0v) is 13.2. The van der Waals surface area contributed by atoms with E-state index in [4.69, 9.17) is 16.3 Å². The highest BCUT2D eigenvalue weighted by Gasteiger charge is 2.15. The van der Waals surface area contributed by atoms with E-state index in [1.807, 2.05) is 0 Å². The topological polar surface area (TPSA) is 98.5 Å². The van der Waals surface area contributed by atoms with Crippen LogP contribution in [0.2, 0.25) is 5.02 Å². The fourth-order valence-electron chi connectivity index (χ4n) is 1.89. The van der Waals surface area contributed by atoms with Crippen LogP contribution in [0, 0.1) is 10.1 Å². The van der Waals surface area contributed by atoms with Crippen molar-refractivity contribution in [1.29, 1.82) is 0 Å². The highest BCUT2D eigenvalue weighted by atomic mass is 35.5. The summed E-state index contributed by atoms with van der Waals surface area (Å²) in [4.78, 5) is 33.7. The predicted octanol–water partition coefficient (Wildman–Crippen LogP) is 2.97. The fourth-order valence-corrected chi connectivity index (χ4v) is 2.02. The predicted molar refractivity (Wildman–Crippen MR) is 87.8 cm³/mol. The van der Waals surface area contributed by atoms with Crippen molar-refractivity contribution in [3.05, 3.63) is 69.2 Å². The van der Waals surface area contributed by atoms with E-state index in [1.165, 1.54) is 18.2 Å². The molecule has 1 N–H and O–H groups in total. The maximum atomic E-state index is 11.8. The van der Waals surface area contributed by atoms with Crippen LogP contribution in [-0.4, -0.2) is 23.4 Å². The molecule has 0 saturated carbocycles. The molecule has 7 nitrogen and oxygen atoms in total. The molecule has 0 aliphatic carbocycles. The fraction of sp³-hybridized carbons (Fsp3) is 0.125. The maximum Gasteiger partial charge on any atom is 0.310 e. The molecule has 0 bridgehead atoms. The number of para-hydroxylation sites is 2. The van der Waals surface area contributed by atoms with Crippen LogP contribution in [0.3, 0.4) is 0 Å². The van der Waals surface area contributed by atoms with Gasteiger partial charge in [-0.2, -0.15) is 0 Å². The van der Waals surface area contributed by atoms with Crippen molar-refractivity contribution >= 4 is 34.9 Å². The zero-order chi connectivity index (χ0) is 17.5. The van der Waals surface area contributed by atoms with Gasteiger partial charge in [0.2, 0.25) is 0 Å². The summed E-state index contributed by atoms with van der Waals surface area (Å²) in [5, 5.41) is 13.8. The number of nitro benzene ring substituents is 1. The van der Waals surface area contributed by atoms with E-state index >= 15 is 0 Å². The molecule has 0 aliphatic rings. The molecule has 124 valence electrons. The molecule has 0 atom stereocenters. The molecule has 2 aromatic carbocycles. The SMILES string of the molecule is O=C(COC(=O)Cc1ccc(Cl)cc1)Nc1ccccc1[N+](=O)[O-]. The summed E-state index contributed by atoms with van der Waals surface area (Å²) in [6, 6.07) is 12.3. The number of nitrogens with one attached hydrogen (secondary N) is 1. The van der Waals surface area contributed by atoms with Gasteiger partial charge in [0, 0.05) is 11.1 Å². The first-order valence-corrected chi connectivity index (χ1v) is 7.27. The smallest absolute Gasteiger partial charge is 0.310 e. The molecule has 0 fully saturated rings. The number of esters is 1. The second-order valence-electron chi connectivity index (χ2n) is 4.79. The van der Waals surface area contributed by atoms with Gasteiger partial charge in [-0.15, -0.1) is 0 Å². The van der Waals surface area contributed by atoms with Gasteiger partial charge in [0.25, 0.3) is 11.6 Å². The van der Waals surface area contributed by atoms with Gasteiger partial charge in [-0.3, -0.25) is 19.7 Å². The number of carbonyl (C=O) groups is 2. The number of hydrogen-bond acceptors (Lipinski definition) is 5. The molecule has 24 heavy (non-hydrogen) atoms. The molecule has 0 spiro atoms. The van der Waals surface area contributed by atoms with Crippen molar-refractivity contribution in [1.82, 2.24) is 0 Å². The van der Waals surface area contributed by atoms with Gasteiger partial charge in [0.15, 0.2) is 6.61 Å². The van der Waals surface area contributed by atoms with Crippen LogP contribution < -0.4 is 5.32 Å². The third-order valence-corrected chi connectivity index (χ3v) is 3.25. The van der Waals surface area contributed by atoms with Gasteiger partial charge in [0.1, 0.15) is 5.69 Å². The van der Waals surface area contributed by atoms with E-state index in [0.29, 0.717) is 10.6 Å². The minimum absolute atomic E-state index is 0.00403. The third-order valence-electron chi connectivity index (χ3n) is 3.00. The molecule has 8 heteroatoms. The molecule has 0 aliphatic heterocycles. The number of benzene rings is 2. The Bertz CT molecular complexity index is 761. The molecule has 1 amide bonds. The first kappa shape index (κ1) is 17.4. The Morgan fingerprint density at radius 3 is 2.46 bits per heavy atom. The number of ether oxygens (including phenoxy) is 1. The van der Waals surface area contributed by atoms with Gasteiger partial charge in [-0.05, 0) is 23.8 Å². The summed E-state index contributed by atoms with van der Waals surface area (Å²) in [5.41, 5.74) is 0.503. The van der Waals surface area contributed by atoms with Crippen molar-refractivity contribution in [2.75, 3.05) is 11.9 Å². The van der Waals surface area contributed by atoms with E-state index in [0.717, 1.165) is 0 Å². The van der Waals surface area contributed by atoms with Gasteiger partial charge in [-0.1, -0.05) is 35.9 Å². The Labute approximate surface area is 142 Å². The lowest BCUT2D eigenvalue weighted by Gasteiger charge is -2.07. The second kappa shape index (κ2) is 8.07. The van der Waals surface area contributed by atoms with E-state index < -0.39 is 23.4 Å². The molecule has 0 unspecified atom stereocenters. The van der Waals surface area contributed by atoms with Crippen molar-refractivity contribution in [3.8, 4) is 0 Å². The number of halogens is 1. The summed E-state index contributed by atoms with van der Waals surface area (Å²) in [7, 11) is 0. The molecule has 0 heterocycles. The lowest BCUT2D eigenvalue weighted by atomic mass is 10.1. The van der Waals surface area contributed by atoms with E-state index in [2.05, 4.69) is 5.32 Å². The van der Waals surface area contributed by atoms with Crippen LogP contribution in [0.4, 0.5) is 11.4 Å². The van der Waals surface area contributed by atoms with Crippen molar-refractivity contribution in [2.45, 2.75) is 6.42 Å². The number of amides is 1. The minimum atomic E-state index is -0.659. The van der Waals surface area contributed by atoms with Gasteiger partial charge in [-0.25, -0.2) is 0 Å². The summed E-state index contributed by atoms with van der Waals surface area (Å²) in [6.07, 6.45) is -0.00403. The van der Waals surface area contributed by atoms with Crippen LogP contribution in [-0.2, 0) is 20.7 Å². The quantitative estimate of drug-likeness (QED) is 0.491. The van der Waals surface area contributed by atoms with Gasteiger partial charge < -0.3 is 10.1 Å². The number of anilines is 1. The molecule has 0 aromatic heterocycles. The molecular weight excluding hydrogens is 336 g/mol. The Morgan fingerprint density at radius 2 is 1.79 bits per heavy atom. The van der Waals surface area contributed by atoms with Crippen molar-refractivity contribution in [2.24, 2.45) is 0 Å². The Morgan fingerprint density at radius 1 is 1.12 bits per heavy atom. The van der Waals surface area contributed by atoms with Crippen LogP contribution in [0.25, 0.3) is 0 Å². The number of rotatable bonds is 6. The lowest BCUT2D eigenvalue weighted by Crippen LogP contribution is -2.22. The highest BCUT2D eigenvalue weighted by molar-refractivity contribution is 6.30. The van der Waals surface area contributed by atoms with Crippen LogP contribution >= 0.6 is 11.6 Å². The maximum absolute atomic E-state index is 11.8. The van der Waals surface area contributed by atoms with Crippen molar-refractivity contribution in [3.63, 3.8) is 0 Å². The molecule has 2 aromatic rings. The normalized spacial score (nSPS) is 10.0. The largest absolute Gasteiger partial charge is 0.455 e. The van der Waals surface area contributed by atoms with E-state index in [9.17, 15) is 19.7 Å². The summed E-state index contributed by atoms with van der Waals surface area (Å²) in [6.45, 7) is -0.529. The van der Waals surface area contributed by atoms with Gasteiger partial charge >= 0.3 is 5.97 Å². The lowest BCUT2D eigenvalue weighted by molar-refractivity contribution is -0.383. The van der Waals surface area contributed by atoms with E-state index in [1.54, 1.807) is 30.3 Å². The van der Waals surface area contributed by atoms with Crippen LogP contribution in [0.5, 0.6) is 0 Å². The van der Waals surface area contributed by atoms with E-state index in [-0.39, 0.29) is 17.8 Å². The molecule has 2 rings (SSSR count). The van der Waals surface area contributed by atoms with Crippen molar-refractivity contribution < 1.29 is 19.2 Å². The average molecular weight is 349 g/mol. The monoisotopic (exact) mass is 348 g/mol. The number of nitro groups is 1.